The number of halogens is 1. The Morgan fingerprint density at radius 2 is 2.39 bits per heavy atom. The Bertz CT molecular complexity index is 391. The Hall–Kier alpha value is -0.770. The number of hydrogen-bond donors (Lipinski definition) is 1. The summed E-state index contributed by atoms with van der Waals surface area (Å²) in [4.78, 5) is 0. The Balaban J connectivity index is 2.05. The Morgan fingerprint density at radius 3 is 3.06 bits per heavy atom. The largest absolute Gasteiger partial charge is 0.493 e. The number of benzene rings is 1. The van der Waals surface area contributed by atoms with Gasteiger partial charge in [0.2, 0.25) is 0 Å². The molecule has 18 heavy (non-hydrogen) atoms. The molecule has 3 nitrogen and oxygen atoms in total. The predicted octanol–water partition coefficient (Wildman–Crippen LogP) is 3.04. The van der Waals surface area contributed by atoms with Crippen LogP contribution in [0.3, 0.4) is 0 Å². The summed E-state index contributed by atoms with van der Waals surface area (Å²) in [6.07, 6.45) is 1.09. The normalized spacial score (nSPS) is 20.9. The standard InChI is InChI=1S/C14H20ClNO2/c1-10(16-2)13-7-12(15)3-4-14(13)18-9-11-5-6-17-8-11/h3-4,7,10-11,16H,5-6,8-9H2,1-2H3. The molecule has 1 saturated heterocycles. The average molecular weight is 270 g/mol. The van der Waals surface area contributed by atoms with Crippen molar-refractivity contribution in [2.45, 2.75) is 19.4 Å². The fourth-order valence-corrected chi connectivity index (χ4v) is 2.25. The summed E-state index contributed by atoms with van der Waals surface area (Å²) >= 11 is 6.04. The molecule has 1 aromatic rings. The minimum Gasteiger partial charge on any atom is -0.493 e. The zero-order chi connectivity index (χ0) is 13.0. The average Bonchev–Trinajstić information content (AvgIpc) is 2.89. The van der Waals surface area contributed by atoms with E-state index in [9.17, 15) is 0 Å². The van der Waals surface area contributed by atoms with E-state index in [4.69, 9.17) is 21.1 Å². The van der Waals surface area contributed by atoms with Gasteiger partial charge in [0, 0.05) is 29.2 Å². The van der Waals surface area contributed by atoms with Crippen molar-refractivity contribution in [2.75, 3.05) is 26.9 Å². The molecule has 0 saturated carbocycles. The molecule has 0 radical (unpaired) electrons. The van der Waals surface area contributed by atoms with Crippen LogP contribution in [0.25, 0.3) is 0 Å². The molecule has 0 spiro atoms. The van der Waals surface area contributed by atoms with Crippen LogP contribution in [-0.2, 0) is 4.74 Å². The molecule has 0 amide bonds. The molecule has 0 aliphatic carbocycles. The Kier molecular flexibility index (Phi) is 4.87. The molecule has 1 aliphatic heterocycles. The van der Waals surface area contributed by atoms with E-state index >= 15 is 0 Å². The first-order valence-electron chi connectivity index (χ1n) is 6.38. The molecule has 1 aromatic carbocycles. The molecule has 4 heteroatoms. The molecule has 2 atom stereocenters. The zero-order valence-corrected chi connectivity index (χ0v) is 11.7. The number of nitrogens with one attached hydrogen (secondary N) is 1. The highest BCUT2D eigenvalue weighted by molar-refractivity contribution is 6.30. The monoisotopic (exact) mass is 269 g/mol. The molecular formula is C14H20ClNO2. The van der Waals surface area contributed by atoms with Crippen molar-refractivity contribution < 1.29 is 9.47 Å². The summed E-state index contributed by atoms with van der Waals surface area (Å²) in [5, 5.41) is 3.95. The second-order valence-corrected chi connectivity index (χ2v) is 5.17. The summed E-state index contributed by atoms with van der Waals surface area (Å²) in [6.45, 7) is 4.47. The van der Waals surface area contributed by atoms with Crippen molar-refractivity contribution in [3.05, 3.63) is 28.8 Å². The molecule has 1 aliphatic rings. The Morgan fingerprint density at radius 1 is 1.56 bits per heavy atom. The molecule has 1 N–H and O–H groups in total. The van der Waals surface area contributed by atoms with Gasteiger partial charge in [0.1, 0.15) is 5.75 Å². The van der Waals surface area contributed by atoms with Gasteiger partial charge in [0.05, 0.1) is 13.2 Å². The van der Waals surface area contributed by atoms with Crippen molar-refractivity contribution in [3.8, 4) is 5.75 Å². The van der Waals surface area contributed by atoms with Crippen molar-refractivity contribution in [2.24, 2.45) is 5.92 Å². The van der Waals surface area contributed by atoms with Gasteiger partial charge in [0.25, 0.3) is 0 Å². The zero-order valence-electron chi connectivity index (χ0n) is 10.9. The van der Waals surface area contributed by atoms with Crippen LogP contribution < -0.4 is 10.1 Å². The number of rotatable bonds is 5. The van der Waals surface area contributed by atoms with E-state index in [0.717, 1.165) is 36.0 Å². The van der Waals surface area contributed by atoms with Gasteiger partial charge in [-0.05, 0) is 38.6 Å². The van der Waals surface area contributed by atoms with Gasteiger partial charge in [-0.25, -0.2) is 0 Å². The number of ether oxygens (including phenoxy) is 2. The summed E-state index contributed by atoms with van der Waals surface area (Å²) in [5.74, 6) is 1.42. The first-order chi connectivity index (χ1) is 8.70. The topological polar surface area (TPSA) is 30.5 Å². The van der Waals surface area contributed by atoms with Gasteiger partial charge in [-0.3, -0.25) is 0 Å². The van der Waals surface area contributed by atoms with Crippen LogP contribution in [-0.4, -0.2) is 26.9 Å². The van der Waals surface area contributed by atoms with Gasteiger partial charge in [-0.15, -0.1) is 0 Å². The first kappa shape index (κ1) is 13.7. The van der Waals surface area contributed by atoms with Crippen molar-refractivity contribution in [3.63, 3.8) is 0 Å². The van der Waals surface area contributed by atoms with E-state index in [0.29, 0.717) is 12.5 Å². The van der Waals surface area contributed by atoms with Crippen molar-refractivity contribution >= 4 is 11.6 Å². The van der Waals surface area contributed by atoms with Gasteiger partial charge in [-0.1, -0.05) is 11.6 Å². The minimum atomic E-state index is 0.221. The van der Waals surface area contributed by atoms with Gasteiger partial charge >= 0.3 is 0 Å². The third kappa shape index (κ3) is 3.37. The van der Waals surface area contributed by atoms with Gasteiger partial charge in [0.15, 0.2) is 0 Å². The molecular weight excluding hydrogens is 250 g/mol. The minimum absolute atomic E-state index is 0.221. The van der Waals surface area contributed by atoms with Crippen LogP contribution in [0.15, 0.2) is 18.2 Å². The predicted molar refractivity (Wildman–Crippen MR) is 73.3 cm³/mol. The van der Waals surface area contributed by atoms with E-state index in [1.165, 1.54) is 0 Å². The lowest BCUT2D eigenvalue weighted by Crippen LogP contribution is -2.16. The highest BCUT2D eigenvalue weighted by Gasteiger charge is 2.18. The molecule has 2 rings (SSSR count). The molecule has 100 valence electrons. The fraction of sp³-hybridized carbons (Fsp3) is 0.571. The molecule has 1 fully saturated rings. The number of hydrogen-bond acceptors (Lipinski definition) is 3. The second kappa shape index (κ2) is 6.41. The van der Waals surface area contributed by atoms with E-state index in [-0.39, 0.29) is 6.04 Å². The lowest BCUT2D eigenvalue weighted by molar-refractivity contribution is 0.166. The lowest BCUT2D eigenvalue weighted by Gasteiger charge is -2.18. The van der Waals surface area contributed by atoms with Crippen LogP contribution in [0.4, 0.5) is 0 Å². The summed E-state index contributed by atoms with van der Waals surface area (Å²) in [6, 6.07) is 6.00. The third-order valence-corrected chi connectivity index (χ3v) is 3.60. The van der Waals surface area contributed by atoms with E-state index in [1.807, 2.05) is 25.2 Å². The van der Waals surface area contributed by atoms with E-state index in [1.54, 1.807) is 0 Å². The van der Waals surface area contributed by atoms with E-state index in [2.05, 4.69) is 12.2 Å². The Labute approximate surface area is 113 Å². The molecule has 1 heterocycles. The molecule has 0 aromatic heterocycles. The lowest BCUT2D eigenvalue weighted by atomic mass is 10.1. The van der Waals surface area contributed by atoms with Crippen molar-refractivity contribution in [1.82, 2.24) is 5.32 Å². The van der Waals surface area contributed by atoms with E-state index < -0.39 is 0 Å². The highest BCUT2D eigenvalue weighted by atomic mass is 35.5. The molecule has 0 bridgehead atoms. The summed E-state index contributed by atoms with van der Waals surface area (Å²) in [5.41, 5.74) is 1.10. The van der Waals surface area contributed by atoms with Crippen LogP contribution in [0, 0.1) is 5.92 Å². The third-order valence-electron chi connectivity index (χ3n) is 3.37. The maximum Gasteiger partial charge on any atom is 0.124 e. The quantitative estimate of drug-likeness (QED) is 0.891. The maximum absolute atomic E-state index is 6.04. The maximum atomic E-state index is 6.04. The SMILES string of the molecule is CNC(C)c1cc(Cl)ccc1OCC1CCOC1. The summed E-state index contributed by atoms with van der Waals surface area (Å²) < 4.78 is 11.3. The fourth-order valence-electron chi connectivity index (χ4n) is 2.07. The van der Waals surface area contributed by atoms with Gasteiger partial charge < -0.3 is 14.8 Å². The first-order valence-corrected chi connectivity index (χ1v) is 6.75. The van der Waals surface area contributed by atoms with Crippen LogP contribution in [0.2, 0.25) is 5.02 Å². The van der Waals surface area contributed by atoms with Crippen molar-refractivity contribution in [1.29, 1.82) is 0 Å². The van der Waals surface area contributed by atoms with Crippen LogP contribution >= 0.6 is 11.6 Å². The highest BCUT2D eigenvalue weighted by Crippen LogP contribution is 2.29. The second-order valence-electron chi connectivity index (χ2n) is 4.73. The molecule has 2 unspecified atom stereocenters. The smallest absolute Gasteiger partial charge is 0.124 e. The van der Waals surface area contributed by atoms with Crippen LogP contribution in [0.1, 0.15) is 24.9 Å². The van der Waals surface area contributed by atoms with Gasteiger partial charge in [-0.2, -0.15) is 0 Å². The summed E-state index contributed by atoms with van der Waals surface area (Å²) in [7, 11) is 1.93. The van der Waals surface area contributed by atoms with Crippen LogP contribution in [0.5, 0.6) is 5.75 Å².